The van der Waals surface area contributed by atoms with Gasteiger partial charge in [0.2, 0.25) is 5.12 Å². The molecule has 18 heavy (non-hydrogen) atoms. The number of benzene rings is 1. The van der Waals surface area contributed by atoms with Crippen molar-refractivity contribution in [3.63, 3.8) is 0 Å². The van der Waals surface area contributed by atoms with E-state index in [0.29, 0.717) is 11.4 Å². The molecule has 0 aliphatic carbocycles. The van der Waals surface area contributed by atoms with Crippen LogP contribution in [0.15, 0.2) is 35.3 Å². The minimum atomic E-state index is -0.327. The second-order valence-corrected chi connectivity index (χ2v) is 5.12. The predicted octanol–water partition coefficient (Wildman–Crippen LogP) is 1.93. The Balaban J connectivity index is 2.20. The van der Waals surface area contributed by atoms with Crippen LogP contribution < -0.4 is 5.56 Å². The molecule has 0 unspecified atom stereocenters. The van der Waals surface area contributed by atoms with Crippen molar-refractivity contribution in [3.8, 4) is 5.69 Å². The number of hydrogen-bond acceptors (Lipinski definition) is 4. The van der Waals surface area contributed by atoms with Crippen LogP contribution in [-0.2, 0) is 5.75 Å². The van der Waals surface area contributed by atoms with Crippen LogP contribution in [0, 0.1) is 6.92 Å². The molecule has 3 rings (SSSR count). The first-order valence-electron chi connectivity index (χ1n) is 5.52. The fourth-order valence-corrected chi connectivity index (χ4v) is 2.77. The van der Waals surface area contributed by atoms with E-state index in [1.54, 1.807) is 6.20 Å². The summed E-state index contributed by atoms with van der Waals surface area (Å²) in [6.45, 7) is 1.98. The van der Waals surface area contributed by atoms with Crippen molar-refractivity contribution in [1.29, 1.82) is 0 Å². The third kappa shape index (κ3) is 1.67. The van der Waals surface area contributed by atoms with Gasteiger partial charge in [0, 0.05) is 5.75 Å². The SMILES string of the molecule is Cc1ccc(-n2ncc3c(c2=O)C(=O)SC3)cc1. The minimum absolute atomic E-state index is 0.154. The number of nitrogens with zero attached hydrogens (tertiary/aromatic N) is 2. The van der Waals surface area contributed by atoms with Crippen LogP contribution in [0.1, 0.15) is 21.5 Å². The molecule has 0 atom stereocenters. The molecule has 0 spiro atoms. The Morgan fingerprint density at radius 2 is 1.94 bits per heavy atom. The van der Waals surface area contributed by atoms with Crippen molar-refractivity contribution in [3.05, 3.63) is 57.5 Å². The zero-order valence-corrected chi connectivity index (χ0v) is 10.5. The van der Waals surface area contributed by atoms with Crippen LogP contribution in [0.4, 0.5) is 0 Å². The number of rotatable bonds is 1. The van der Waals surface area contributed by atoms with E-state index in [1.807, 2.05) is 31.2 Å². The molecule has 1 aliphatic heterocycles. The first-order chi connectivity index (χ1) is 8.66. The topological polar surface area (TPSA) is 52.0 Å². The molecular weight excluding hydrogens is 248 g/mol. The number of hydrogen-bond donors (Lipinski definition) is 0. The summed E-state index contributed by atoms with van der Waals surface area (Å²) in [5.41, 5.74) is 2.47. The third-order valence-corrected chi connectivity index (χ3v) is 3.82. The number of aromatic nitrogens is 2. The molecule has 1 aromatic carbocycles. The molecule has 5 heteroatoms. The Morgan fingerprint density at radius 1 is 1.22 bits per heavy atom. The lowest BCUT2D eigenvalue weighted by atomic mass is 10.2. The highest BCUT2D eigenvalue weighted by atomic mass is 32.2. The predicted molar refractivity (Wildman–Crippen MR) is 70.2 cm³/mol. The van der Waals surface area contributed by atoms with Gasteiger partial charge < -0.3 is 0 Å². The van der Waals surface area contributed by atoms with Crippen LogP contribution >= 0.6 is 11.8 Å². The maximum absolute atomic E-state index is 12.2. The van der Waals surface area contributed by atoms with Crippen molar-refractivity contribution >= 4 is 16.9 Å². The van der Waals surface area contributed by atoms with Gasteiger partial charge in [0.25, 0.3) is 5.56 Å². The van der Waals surface area contributed by atoms with Crippen LogP contribution in [0.5, 0.6) is 0 Å². The summed E-state index contributed by atoms with van der Waals surface area (Å²) in [7, 11) is 0. The van der Waals surface area contributed by atoms with E-state index in [2.05, 4.69) is 5.10 Å². The van der Waals surface area contributed by atoms with Gasteiger partial charge >= 0.3 is 0 Å². The molecule has 0 fully saturated rings. The molecule has 4 nitrogen and oxygen atoms in total. The van der Waals surface area contributed by atoms with Crippen LogP contribution in [-0.4, -0.2) is 14.9 Å². The summed E-state index contributed by atoms with van der Waals surface area (Å²) < 4.78 is 1.28. The van der Waals surface area contributed by atoms with Gasteiger partial charge in [-0.1, -0.05) is 29.5 Å². The van der Waals surface area contributed by atoms with Crippen LogP contribution in [0.2, 0.25) is 0 Å². The second kappa shape index (κ2) is 4.10. The minimum Gasteiger partial charge on any atom is -0.281 e. The molecular formula is C13H10N2O2S. The molecule has 2 aromatic rings. The van der Waals surface area contributed by atoms with Gasteiger partial charge in [-0.05, 0) is 24.6 Å². The van der Waals surface area contributed by atoms with Crippen LogP contribution in [0.25, 0.3) is 5.69 Å². The fourth-order valence-electron chi connectivity index (χ4n) is 1.90. The molecule has 1 aliphatic rings. The highest BCUT2D eigenvalue weighted by Crippen LogP contribution is 2.26. The second-order valence-electron chi connectivity index (χ2n) is 4.17. The summed E-state index contributed by atoms with van der Waals surface area (Å²) >= 11 is 1.15. The maximum atomic E-state index is 12.2. The van der Waals surface area contributed by atoms with Crippen molar-refractivity contribution in [2.75, 3.05) is 0 Å². The number of carbonyl (C=O) groups is 1. The van der Waals surface area contributed by atoms with E-state index < -0.39 is 0 Å². The highest BCUT2D eigenvalue weighted by molar-refractivity contribution is 8.13. The monoisotopic (exact) mass is 258 g/mol. The van der Waals surface area contributed by atoms with E-state index in [4.69, 9.17) is 0 Å². The van der Waals surface area contributed by atoms with Gasteiger partial charge in [0.05, 0.1) is 11.9 Å². The average molecular weight is 258 g/mol. The standard InChI is InChI=1S/C13H10N2O2S/c1-8-2-4-10(5-3-8)15-12(16)11-9(6-14-15)7-18-13(11)17/h2-6H,7H2,1H3. The van der Waals surface area contributed by atoms with E-state index in [9.17, 15) is 9.59 Å². The molecule has 0 bridgehead atoms. The summed E-state index contributed by atoms with van der Waals surface area (Å²) in [5, 5.41) is 3.97. The Morgan fingerprint density at radius 3 is 2.67 bits per heavy atom. The fraction of sp³-hybridized carbons (Fsp3) is 0.154. The van der Waals surface area contributed by atoms with Gasteiger partial charge in [-0.2, -0.15) is 9.78 Å². The Hall–Kier alpha value is -1.88. The summed E-state index contributed by atoms with van der Waals surface area (Å²) in [5.74, 6) is 0.547. The maximum Gasteiger partial charge on any atom is 0.283 e. The lowest BCUT2D eigenvalue weighted by Crippen LogP contribution is -2.26. The van der Waals surface area contributed by atoms with Crippen molar-refractivity contribution in [2.24, 2.45) is 0 Å². The molecule has 0 radical (unpaired) electrons. The Kier molecular flexibility index (Phi) is 2.56. The molecule has 0 amide bonds. The first-order valence-corrected chi connectivity index (χ1v) is 6.51. The zero-order chi connectivity index (χ0) is 12.7. The summed E-state index contributed by atoms with van der Waals surface area (Å²) in [4.78, 5) is 23.9. The zero-order valence-electron chi connectivity index (χ0n) is 9.71. The number of fused-ring (bicyclic) bond motifs is 1. The molecule has 1 aromatic heterocycles. The van der Waals surface area contributed by atoms with Gasteiger partial charge in [-0.25, -0.2) is 0 Å². The van der Waals surface area contributed by atoms with E-state index in [0.717, 1.165) is 22.9 Å². The third-order valence-electron chi connectivity index (χ3n) is 2.90. The first kappa shape index (κ1) is 11.2. The molecule has 0 saturated heterocycles. The normalized spacial score (nSPS) is 13.7. The quantitative estimate of drug-likeness (QED) is 0.784. The van der Waals surface area contributed by atoms with Crippen molar-refractivity contribution in [1.82, 2.24) is 9.78 Å². The van der Waals surface area contributed by atoms with E-state index in [-0.39, 0.29) is 16.2 Å². The van der Waals surface area contributed by atoms with Gasteiger partial charge in [-0.15, -0.1) is 0 Å². The lowest BCUT2D eigenvalue weighted by molar-refractivity contribution is 0.108. The smallest absolute Gasteiger partial charge is 0.281 e. The van der Waals surface area contributed by atoms with Crippen molar-refractivity contribution in [2.45, 2.75) is 12.7 Å². The van der Waals surface area contributed by atoms with E-state index in [1.165, 1.54) is 4.68 Å². The molecule has 0 N–H and O–H groups in total. The van der Waals surface area contributed by atoms with Crippen LogP contribution in [0.3, 0.4) is 0 Å². The highest BCUT2D eigenvalue weighted by Gasteiger charge is 2.25. The lowest BCUT2D eigenvalue weighted by Gasteiger charge is -2.05. The molecule has 2 heterocycles. The van der Waals surface area contributed by atoms with Gasteiger partial charge in [0.1, 0.15) is 5.56 Å². The van der Waals surface area contributed by atoms with Gasteiger partial charge in [-0.3, -0.25) is 9.59 Å². The summed E-state index contributed by atoms with van der Waals surface area (Å²) in [6.07, 6.45) is 1.61. The number of carbonyl (C=O) groups excluding carboxylic acids is 1. The largest absolute Gasteiger partial charge is 0.283 e. The molecule has 90 valence electrons. The van der Waals surface area contributed by atoms with Crippen molar-refractivity contribution < 1.29 is 4.79 Å². The van der Waals surface area contributed by atoms with Gasteiger partial charge in [0.15, 0.2) is 0 Å². The number of aryl methyl sites for hydroxylation is 1. The Bertz CT molecular complexity index is 689. The average Bonchev–Trinajstić information content (AvgIpc) is 2.74. The number of thioether (sulfide) groups is 1. The summed E-state index contributed by atoms with van der Waals surface area (Å²) in [6, 6.07) is 7.46. The molecule has 0 saturated carbocycles. The van der Waals surface area contributed by atoms with E-state index >= 15 is 0 Å². The Labute approximate surface area is 108 Å².